The van der Waals surface area contributed by atoms with Gasteiger partial charge in [-0.15, -0.1) is 0 Å². The number of rotatable bonds is 4. The second-order valence-corrected chi connectivity index (χ2v) is 16.8. The van der Waals surface area contributed by atoms with Crippen molar-refractivity contribution in [3.8, 4) is 56.0 Å². The van der Waals surface area contributed by atoms with Gasteiger partial charge in [-0.3, -0.25) is 0 Å². The van der Waals surface area contributed by atoms with Gasteiger partial charge in [-0.25, -0.2) is 0 Å². The molecule has 0 saturated heterocycles. The topological polar surface area (TPSA) is 12.5 Å². The van der Waals surface area contributed by atoms with Gasteiger partial charge in [0.05, 0.1) is 11.1 Å². The van der Waals surface area contributed by atoms with Crippen LogP contribution >= 0.6 is 0 Å². The SMILES string of the molecule is CC1(C)c2ccccc2-c2ccc(N(c3ccc4c(c3)Oc3ccccc3C43c4ccccc4-c4ccccc4-c4ccccc43)c3ccccc3-c3ccccc3)cc21. The van der Waals surface area contributed by atoms with E-state index < -0.39 is 5.41 Å². The molecule has 9 aromatic rings. The third-order valence-corrected chi connectivity index (χ3v) is 13.4. The summed E-state index contributed by atoms with van der Waals surface area (Å²) < 4.78 is 7.15. The highest BCUT2D eigenvalue weighted by Crippen LogP contribution is 2.61. The molecule has 0 unspecified atom stereocenters. The standard InChI is InChI=1S/C58H41NO/c1-57(2)48-26-12-8-25-46(48)47-34-32-39(36-53(47)57)59(54-30-16-11-20-41(54)38-18-4-3-5-19-38)40-33-35-52-56(37-40)60-55-31-17-15-29-51(55)58(52)49-27-13-9-23-44(49)42-21-6-7-22-43(42)45-24-10-14-28-50(45)58/h3-37H,1-2H3. The fraction of sp³-hybridized carbons (Fsp3) is 0.0690. The van der Waals surface area contributed by atoms with Crippen LogP contribution < -0.4 is 9.64 Å². The van der Waals surface area contributed by atoms with Gasteiger partial charge in [0.2, 0.25) is 0 Å². The van der Waals surface area contributed by atoms with Crippen molar-refractivity contribution in [1.29, 1.82) is 0 Å². The maximum absolute atomic E-state index is 7.15. The minimum absolute atomic E-state index is 0.153. The van der Waals surface area contributed by atoms with Crippen LogP contribution in [0.1, 0.15) is 47.2 Å². The third kappa shape index (κ3) is 4.82. The Balaban J connectivity index is 1.13. The van der Waals surface area contributed by atoms with Gasteiger partial charge in [-0.2, -0.15) is 0 Å². The van der Waals surface area contributed by atoms with E-state index in [1.807, 2.05) is 0 Å². The van der Waals surface area contributed by atoms with E-state index >= 15 is 0 Å². The Morgan fingerprint density at radius 3 is 1.48 bits per heavy atom. The number of hydrogen-bond donors (Lipinski definition) is 0. The second kappa shape index (κ2) is 13.0. The Labute approximate surface area is 351 Å². The zero-order valence-corrected chi connectivity index (χ0v) is 33.6. The summed E-state index contributed by atoms with van der Waals surface area (Å²) in [6.07, 6.45) is 0. The van der Waals surface area contributed by atoms with Crippen molar-refractivity contribution in [2.24, 2.45) is 0 Å². The predicted molar refractivity (Wildman–Crippen MR) is 247 cm³/mol. The number of para-hydroxylation sites is 2. The minimum Gasteiger partial charge on any atom is -0.457 e. The molecule has 1 spiro atoms. The van der Waals surface area contributed by atoms with Crippen LogP contribution in [0.3, 0.4) is 0 Å². The molecular formula is C58H41NO. The Hall–Kier alpha value is -7.42. The average molecular weight is 768 g/mol. The predicted octanol–water partition coefficient (Wildman–Crippen LogP) is 15.3. The Bertz CT molecular complexity index is 3110. The van der Waals surface area contributed by atoms with Crippen molar-refractivity contribution in [3.63, 3.8) is 0 Å². The summed E-state index contributed by atoms with van der Waals surface area (Å²) >= 11 is 0. The molecule has 284 valence electrons. The molecular weight excluding hydrogens is 727 g/mol. The average Bonchev–Trinajstić information content (AvgIpc) is 3.47. The molecule has 2 nitrogen and oxygen atoms in total. The lowest BCUT2D eigenvalue weighted by Crippen LogP contribution is -2.34. The first-order chi connectivity index (χ1) is 29.5. The Morgan fingerprint density at radius 1 is 0.333 bits per heavy atom. The summed E-state index contributed by atoms with van der Waals surface area (Å²) in [4.78, 5) is 2.43. The van der Waals surface area contributed by atoms with Crippen LogP contribution in [0.15, 0.2) is 212 Å². The zero-order chi connectivity index (χ0) is 40.0. The van der Waals surface area contributed by atoms with Gasteiger partial charge in [0.15, 0.2) is 0 Å². The van der Waals surface area contributed by atoms with Gasteiger partial charge < -0.3 is 9.64 Å². The Kier molecular flexibility index (Phi) is 7.52. The minimum atomic E-state index is -0.662. The van der Waals surface area contributed by atoms with Gasteiger partial charge in [0.1, 0.15) is 11.5 Å². The molecule has 0 N–H and O–H groups in total. The smallest absolute Gasteiger partial charge is 0.134 e. The van der Waals surface area contributed by atoms with Crippen LogP contribution in [0.25, 0.3) is 44.5 Å². The van der Waals surface area contributed by atoms with E-state index in [2.05, 4.69) is 231 Å². The molecule has 3 aliphatic rings. The zero-order valence-electron chi connectivity index (χ0n) is 33.6. The number of nitrogens with zero attached hydrogens (tertiary/aromatic N) is 1. The highest BCUT2D eigenvalue weighted by atomic mass is 16.5. The van der Waals surface area contributed by atoms with Gasteiger partial charge in [-0.1, -0.05) is 190 Å². The van der Waals surface area contributed by atoms with Gasteiger partial charge in [0.25, 0.3) is 0 Å². The lowest BCUT2D eigenvalue weighted by atomic mass is 9.62. The molecule has 2 aliphatic carbocycles. The van der Waals surface area contributed by atoms with Crippen LogP contribution in [-0.4, -0.2) is 0 Å². The van der Waals surface area contributed by atoms with E-state index in [1.165, 1.54) is 61.2 Å². The second-order valence-electron chi connectivity index (χ2n) is 16.8. The van der Waals surface area contributed by atoms with Crippen LogP contribution in [-0.2, 0) is 10.8 Å². The summed E-state index contributed by atoms with van der Waals surface area (Å²) in [5, 5.41) is 0. The summed E-state index contributed by atoms with van der Waals surface area (Å²) in [7, 11) is 0. The van der Waals surface area contributed by atoms with Gasteiger partial charge in [-0.05, 0) is 91.5 Å². The lowest BCUT2D eigenvalue weighted by molar-refractivity contribution is 0.435. The number of anilines is 3. The maximum Gasteiger partial charge on any atom is 0.134 e. The number of benzene rings is 9. The van der Waals surface area contributed by atoms with E-state index in [0.717, 1.165) is 45.3 Å². The van der Waals surface area contributed by atoms with Crippen LogP contribution in [0.4, 0.5) is 17.1 Å². The quantitative estimate of drug-likeness (QED) is 0.177. The van der Waals surface area contributed by atoms with E-state index in [1.54, 1.807) is 0 Å². The molecule has 0 bridgehead atoms. The van der Waals surface area contributed by atoms with Crippen LogP contribution in [0, 0.1) is 0 Å². The molecule has 0 fully saturated rings. The van der Waals surface area contributed by atoms with Crippen molar-refractivity contribution < 1.29 is 4.74 Å². The fourth-order valence-electron chi connectivity index (χ4n) is 10.7. The molecule has 1 aliphatic heterocycles. The lowest BCUT2D eigenvalue weighted by Gasteiger charge is -2.42. The summed E-state index contributed by atoms with van der Waals surface area (Å²) in [6.45, 7) is 4.71. The number of ether oxygens (including phenoxy) is 1. The maximum atomic E-state index is 7.15. The van der Waals surface area contributed by atoms with Crippen molar-refractivity contribution in [2.75, 3.05) is 4.90 Å². The molecule has 12 rings (SSSR count). The highest BCUT2D eigenvalue weighted by Gasteiger charge is 2.49. The molecule has 0 saturated carbocycles. The van der Waals surface area contributed by atoms with Crippen LogP contribution in [0.5, 0.6) is 11.5 Å². The van der Waals surface area contributed by atoms with E-state index in [9.17, 15) is 0 Å². The Morgan fingerprint density at radius 2 is 0.800 bits per heavy atom. The normalized spacial score (nSPS) is 14.2. The molecule has 0 aromatic heterocycles. The first-order valence-corrected chi connectivity index (χ1v) is 20.9. The molecule has 0 atom stereocenters. The number of fused-ring (bicyclic) bond motifs is 14. The summed E-state index contributed by atoms with van der Waals surface area (Å²) in [5.41, 5.74) is 19.8. The van der Waals surface area contributed by atoms with Crippen LogP contribution in [0.2, 0.25) is 0 Å². The molecule has 0 amide bonds. The van der Waals surface area contributed by atoms with Crippen molar-refractivity contribution in [3.05, 3.63) is 246 Å². The molecule has 0 radical (unpaired) electrons. The largest absolute Gasteiger partial charge is 0.457 e. The first-order valence-electron chi connectivity index (χ1n) is 20.9. The first kappa shape index (κ1) is 34.6. The van der Waals surface area contributed by atoms with E-state index in [4.69, 9.17) is 4.74 Å². The van der Waals surface area contributed by atoms with E-state index in [-0.39, 0.29) is 5.41 Å². The molecule has 2 heteroatoms. The van der Waals surface area contributed by atoms with E-state index in [0.29, 0.717) is 0 Å². The van der Waals surface area contributed by atoms with Crippen molar-refractivity contribution >= 4 is 17.1 Å². The molecule has 60 heavy (non-hydrogen) atoms. The third-order valence-electron chi connectivity index (χ3n) is 13.4. The van der Waals surface area contributed by atoms with Crippen molar-refractivity contribution in [2.45, 2.75) is 24.7 Å². The molecule has 9 aromatic carbocycles. The summed E-state index contributed by atoms with van der Waals surface area (Å²) in [6, 6.07) is 77.9. The molecule has 1 heterocycles. The highest BCUT2D eigenvalue weighted by molar-refractivity contribution is 5.95. The monoisotopic (exact) mass is 767 g/mol. The van der Waals surface area contributed by atoms with Gasteiger partial charge >= 0.3 is 0 Å². The summed E-state index contributed by atoms with van der Waals surface area (Å²) in [5.74, 6) is 1.71. The number of hydrogen-bond acceptors (Lipinski definition) is 2. The van der Waals surface area contributed by atoms with Gasteiger partial charge in [0, 0.05) is 39.5 Å². The van der Waals surface area contributed by atoms with Crippen molar-refractivity contribution in [1.82, 2.24) is 0 Å². The fourth-order valence-corrected chi connectivity index (χ4v) is 10.7.